The normalized spacial score (nSPS) is 21.8. The quantitative estimate of drug-likeness (QED) is 0.375. The molecule has 2 atom stereocenters. The number of benzene rings is 1. The van der Waals surface area contributed by atoms with E-state index < -0.39 is 24.5 Å². The Kier molecular flexibility index (Phi) is 7.34. The standard InChI is InChI=1S/C15H16F3IN2O.C2HF3O/c16-15(17,18)14(22)21(8-9-6-20-7-9)13-5-12(13)10-1-3-11(19)4-2-10;3-2(4,5)1-6/h1-4,9,12-13,20H,5-8H2;1H. The number of hydrogen-bond acceptors (Lipinski definition) is 3. The van der Waals surface area contributed by atoms with Crippen molar-refractivity contribution in [3.05, 3.63) is 33.4 Å². The molecule has 1 aromatic rings. The fourth-order valence-corrected chi connectivity index (χ4v) is 3.24. The van der Waals surface area contributed by atoms with Gasteiger partial charge in [0.25, 0.3) is 0 Å². The van der Waals surface area contributed by atoms with Crippen LogP contribution in [0, 0.1) is 9.49 Å². The van der Waals surface area contributed by atoms with Crippen molar-refractivity contribution in [1.82, 2.24) is 10.2 Å². The minimum absolute atomic E-state index is 0.0244. The highest BCUT2D eigenvalue weighted by atomic mass is 127. The maximum Gasteiger partial charge on any atom is 0.471 e. The van der Waals surface area contributed by atoms with E-state index in [2.05, 4.69) is 27.9 Å². The summed E-state index contributed by atoms with van der Waals surface area (Å²) in [7, 11) is 0. The molecule has 1 saturated heterocycles. The first-order chi connectivity index (χ1) is 12.9. The van der Waals surface area contributed by atoms with Gasteiger partial charge in [-0.2, -0.15) is 26.3 Å². The number of amides is 1. The Labute approximate surface area is 170 Å². The van der Waals surface area contributed by atoms with E-state index in [0.717, 1.165) is 14.0 Å². The fourth-order valence-electron chi connectivity index (χ4n) is 2.88. The third kappa shape index (κ3) is 6.61. The van der Waals surface area contributed by atoms with Crippen LogP contribution in [0.25, 0.3) is 0 Å². The van der Waals surface area contributed by atoms with Gasteiger partial charge in [0.15, 0.2) is 0 Å². The van der Waals surface area contributed by atoms with Crippen LogP contribution in [0.5, 0.6) is 0 Å². The molecule has 1 N–H and O–H groups in total. The molecule has 0 spiro atoms. The van der Waals surface area contributed by atoms with E-state index in [1.807, 2.05) is 24.3 Å². The summed E-state index contributed by atoms with van der Waals surface area (Å²) in [5, 5.41) is 3.03. The van der Waals surface area contributed by atoms with Crippen molar-refractivity contribution in [2.24, 2.45) is 5.92 Å². The number of halogens is 7. The van der Waals surface area contributed by atoms with Crippen molar-refractivity contribution < 1.29 is 35.9 Å². The average Bonchev–Trinajstić information content (AvgIpc) is 3.33. The molecule has 2 aliphatic rings. The molecule has 2 fully saturated rings. The Morgan fingerprint density at radius 3 is 2.07 bits per heavy atom. The first kappa shape index (κ1) is 22.9. The van der Waals surface area contributed by atoms with Crippen LogP contribution >= 0.6 is 22.6 Å². The Hall–Kier alpha value is -1.37. The fraction of sp³-hybridized carbons (Fsp3) is 0.529. The van der Waals surface area contributed by atoms with E-state index in [0.29, 0.717) is 19.5 Å². The molecule has 1 amide bonds. The number of hydrogen-bond donors (Lipinski definition) is 1. The van der Waals surface area contributed by atoms with E-state index in [9.17, 15) is 31.1 Å². The van der Waals surface area contributed by atoms with Crippen LogP contribution in [0.1, 0.15) is 17.9 Å². The van der Waals surface area contributed by atoms with Crippen LogP contribution in [0.2, 0.25) is 0 Å². The molecule has 11 heteroatoms. The molecule has 1 aromatic carbocycles. The molecule has 0 aromatic heterocycles. The minimum Gasteiger partial charge on any atom is -0.331 e. The summed E-state index contributed by atoms with van der Waals surface area (Å²) < 4.78 is 70.8. The number of alkyl halides is 6. The van der Waals surface area contributed by atoms with Gasteiger partial charge in [-0.05, 0) is 46.7 Å². The predicted octanol–water partition coefficient (Wildman–Crippen LogP) is 3.51. The number of nitrogens with zero attached hydrogens (tertiary/aromatic N) is 1. The number of aldehydes is 1. The van der Waals surface area contributed by atoms with E-state index >= 15 is 0 Å². The van der Waals surface area contributed by atoms with Crippen LogP contribution in [0.4, 0.5) is 26.3 Å². The van der Waals surface area contributed by atoms with Crippen LogP contribution in [-0.2, 0) is 9.59 Å². The molecule has 1 aliphatic carbocycles. The van der Waals surface area contributed by atoms with Gasteiger partial charge in [-0.15, -0.1) is 0 Å². The molecule has 1 heterocycles. The second-order valence-electron chi connectivity index (χ2n) is 6.60. The highest BCUT2D eigenvalue weighted by molar-refractivity contribution is 14.1. The van der Waals surface area contributed by atoms with Gasteiger partial charge in [-0.25, -0.2) is 0 Å². The maximum atomic E-state index is 12.8. The largest absolute Gasteiger partial charge is 0.471 e. The number of rotatable bonds is 4. The first-order valence-corrected chi connectivity index (χ1v) is 9.37. The van der Waals surface area contributed by atoms with Crippen LogP contribution < -0.4 is 5.32 Å². The van der Waals surface area contributed by atoms with Gasteiger partial charge < -0.3 is 10.2 Å². The van der Waals surface area contributed by atoms with Crippen molar-refractivity contribution in [3.8, 4) is 0 Å². The Balaban J connectivity index is 0.000000409. The monoisotopic (exact) mass is 522 g/mol. The van der Waals surface area contributed by atoms with Gasteiger partial charge in [0, 0.05) is 41.1 Å². The number of carbonyl (C=O) groups excluding carboxylic acids is 2. The Bertz CT molecular complexity index is 688. The molecular formula is C17H17F6IN2O2. The lowest BCUT2D eigenvalue weighted by molar-refractivity contribution is -0.187. The Morgan fingerprint density at radius 1 is 1.14 bits per heavy atom. The van der Waals surface area contributed by atoms with Gasteiger partial charge in [0.2, 0.25) is 6.29 Å². The lowest BCUT2D eigenvalue weighted by atomic mass is 10.0. The number of carbonyl (C=O) groups is 2. The summed E-state index contributed by atoms with van der Waals surface area (Å²) in [6, 6.07) is 7.43. The summed E-state index contributed by atoms with van der Waals surface area (Å²) in [4.78, 5) is 21.5. The van der Waals surface area contributed by atoms with Crippen LogP contribution in [0.3, 0.4) is 0 Å². The molecule has 0 radical (unpaired) electrons. The zero-order valence-electron chi connectivity index (χ0n) is 14.4. The average molecular weight is 522 g/mol. The van der Waals surface area contributed by atoms with Gasteiger partial charge in [-0.1, -0.05) is 12.1 Å². The molecule has 28 heavy (non-hydrogen) atoms. The summed E-state index contributed by atoms with van der Waals surface area (Å²) in [5.41, 5.74) is 1.01. The molecular weight excluding hydrogens is 505 g/mol. The first-order valence-electron chi connectivity index (χ1n) is 8.29. The molecule has 3 rings (SSSR count). The summed E-state index contributed by atoms with van der Waals surface area (Å²) >= 11 is 2.19. The molecule has 2 unspecified atom stereocenters. The lowest BCUT2D eigenvalue weighted by Gasteiger charge is -2.34. The highest BCUT2D eigenvalue weighted by Crippen LogP contribution is 2.46. The molecule has 0 bridgehead atoms. The lowest BCUT2D eigenvalue weighted by Crippen LogP contribution is -2.52. The number of nitrogens with one attached hydrogen (secondary N) is 1. The topological polar surface area (TPSA) is 49.4 Å². The summed E-state index contributed by atoms with van der Waals surface area (Å²) in [5.74, 6) is -1.54. The Morgan fingerprint density at radius 2 is 1.68 bits per heavy atom. The molecule has 1 aliphatic heterocycles. The van der Waals surface area contributed by atoms with Crippen molar-refractivity contribution in [2.75, 3.05) is 19.6 Å². The van der Waals surface area contributed by atoms with E-state index in [4.69, 9.17) is 4.79 Å². The smallest absolute Gasteiger partial charge is 0.331 e. The van der Waals surface area contributed by atoms with Crippen molar-refractivity contribution in [3.63, 3.8) is 0 Å². The van der Waals surface area contributed by atoms with Gasteiger partial charge in [-0.3, -0.25) is 9.59 Å². The third-order valence-corrected chi connectivity index (χ3v) is 5.13. The molecule has 156 valence electrons. The minimum atomic E-state index is -4.80. The summed E-state index contributed by atoms with van der Waals surface area (Å²) in [6.45, 7) is 1.56. The SMILES string of the molecule is O=C(N(CC1CNC1)C1CC1c1ccc(I)cc1)C(F)(F)F.O=CC(F)(F)F. The maximum absolute atomic E-state index is 12.8. The van der Waals surface area contributed by atoms with Crippen molar-refractivity contribution >= 4 is 34.8 Å². The van der Waals surface area contributed by atoms with Crippen molar-refractivity contribution in [1.29, 1.82) is 0 Å². The second-order valence-corrected chi connectivity index (χ2v) is 7.85. The highest BCUT2D eigenvalue weighted by Gasteiger charge is 2.52. The van der Waals surface area contributed by atoms with Gasteiger partial charge >= 0.3 is 18.3 Å². The zero-order valence-corrected chi connectivity index (χ0v) is 16.5. The summed E-state index contributed by atoms with van der Waals surface area (Å²) in [6.07, 6.45) is -9.88. The van der Waals surface area contributed by atoms with Crippen LogP contribution in [0.15, 0.2) is 24.3 Å². The van der Waals surface area contributed by atoms with Crippen molar-refractivity contribution in [2.45, 2.75) is 30.7 Å². The van der Waals surface area contributed by atoms with Gasteiger partial charge in [0.05, 0.1) is 0 Å². The molecule has 4 nitrogen and oxygen atoms in total. The zero-order chi connectivity index (χ0) is 21.1. The third-order valence-electron chi connectivity index (χ3n) is 4.41. The predicted molar refractivity (Wildman–Crippen MR) is 96.6 cm³/mol. The second kappa shape index (κ2) is 8.97. The van der Waals surface area contributed by atoms with E-state index in [-0.39, 0.29) is 24.4 Å². The van der Waals surface area contributed by atoms with E-state index in [1.54, 1.807) is 0 Å². The van der Waals surface area contributed by atoms with Crippen LogP contribution in [-0.4, -0.2) is 55.1 Å². The van der Waals surface area contributed by atoms with E-state index in [1.165, 1.54) is 0 Å². The molecule has 1 saturated carbocycles. The van der Waals surface area contributed by atoms with Gasteiger partial charge in [0.1, 0.15) is 0 Å².